The number of aromatic nitrogens is 3. The Morgan fingerprint density at radius 1 is 1.42 bits per heavy atom. The highest BCUT2D eigenvalue weighted by molar-refractivity contribution is 5.86. The molecule has 1 aliphatic carbocycles. The molecular formula is C16H24N5O3+. The summed E-state index contributed by atoms with van der Waals surface area (Å²) < 4.78 is 6.39. The topological polar surface area (TPSA) is 90.5 Å². The molecule has 2 bridgehead atoms. The monoisotopic (exact) mass is 334 g/mol. The molecule has 8 nitrogen and oxygen atoms in total. The van der Waals surface area contributed by atoms with Crippen molar-refractivity contribution in [3.63, 3.8) is 0 Å². The van der Waals surface area contributed by atoms with E-state index in [4.69, 9.17) is 0 Å². The second-order valence-corrected chi connectivity index (χ2v) is 7.30. The van der Waals surface area contributed by atoms with E-state index in [9.17, 15) is 9.59 Å². The van der Waals surface area contributed by atoms with Crippen molar-refractivity contribution >= 4 is 11.9 Å². The molecule has 0 spiro atoms. The highest BCUT2D eigenvalue weighted by atomic mass is 16.5. The van der Waals surface area contributed by atoms with Crippen LogP contribution >= 0.6 is 0 Å². The number of rotatable bonds is 5. The molecule has 5 rings (SSSR count). The summed E-state index contributed by atoms with van der Waals surface area (Å²) in [5, 5.41) is 11.1. The Labute approximate surface area is 140 Å². The summed E-state index contributed by atoms with van der Waals surface area (Å²) in [6.45, 7) is 2.75. The van der Waals surface area contributed by atoms with E-state index in [1.54, 1.807) is 10.9 Å². The van der Waals surface area contributed by atoms with Gasteiger partial charge in [0.15, 0.2) is 5.69 Å². The molecule has 1 amide bonds. The number of hydrogen-bond acceptors (Lipinski definition) is 5. The lowest BCUT2D eigenvalue weighted by molar-refractivity contribution is -0.945. The molecule has 4 aliphatic rings. The summed E-state index contributed by atoms with van der Waals surface area (Å²) in [7, 11) is 1.34. The van der Waals surface area contributed by atoms with Crippen molar-refractivity contribution in [2.45, 2.75) is 44.3 Å². The summed E-state index contributed by atoms with van der Waals surface area (Å²) in [4.78, 5) is 25.4. The molecule has 1 aromatic heterocycles. The van der Waals surface area contributed by atoms with Crippen LogP contribution in [0.3, 0.4) is 0 Å². The molecule has 2 N–H and O–H groups in total. The van der Waals surface area contributed by atoms with Gasteiger partial charge in [0.05, 0.1) is 38.9 Å². The van der Waals surface area contributed by atoms with Gasteiger partial charge in [0.1, 0.15) is 6.04 Å². The number of quaternary nitrogens is 1. The van der Waals surface area contributed by atoms with Gasteiger partial charge >= 0.3 is 5.97 Å². The smallest absolute Gasteiger partial charge is 0.360 e. The SMILES string of the molecule is COC(=O)c1cn(C[C@H]2C[C@@H]3CC[NH+]2C[C@@H]3C(=O)NC2CC2)nn1. The van der Waals surface area contributed by atoms with Crippen molar-refractivity contribution < 1.29 is 19.2 Å². The van der Waals surface area contributed by atoms with E-state index >= 15 is 0 Å². The molecule has 8 heteroatoms. The summed E-state index contributed by atoms with van der Waals surface area (Å²) in [5.74, 6) is 0.421. The number of esters is 1. The summed E-state index contributed by atoms with van der Waals surface area (Å²) in [6.07, 6.45) is 6.07. The maximum Gasteiger partial charge on any atom is 0.360 e. The van der Waals surface area contributed by atoms with Gasteiger partial charge in [0, 0.05) is 18.9 Å². The van der Waals surface area contributed by atoms with Crippen LogP contribution in [0.2, 0.25) is 0 Å². The van der Waals surface area contributed by atoms with E-state index in [0.717, 1.165) is 45.3 Å². The standard InChI is InChI=1S/C16H23N5O3/c1-24-16(23)14-9-21(19-18-14)7-12-6-10-4-5-20(12)8-13(10)15(22)17-11-2-3-11/h9-13H,2-8H2,1H3,(H,17,22)/p+1/t10-,12+,13-/m0/s1. The number of fused-ring (bicyclic) bond motifs is 3. The average Bonchev–Trinajstić information content (AvgIpc) is 3.30. The second-order valence-electron chi connectivity index (χ2n) is 7.30. The van der Waals surface area contributed by atoms with Crippen LogP contribution in [0.1, 0.15) is 36.2 Å². The van der Waals surface area contributed by atoms with E-state index in [0.29, 0.717) is 18.0 Å². The lowest BCUT2D eigenvalue weighted by Crippen LogP contribution is -3.20. The first-order valence-corrected chi connectivity index (χ1v) is 8.77. The molecule has 3 saturated heterocycles. The fraction of sp³-hybridized carbons (Fsp3) is 0.750. The molecule has 130 valence electrons. The minimum absolute atomic E-state index is 0.159. The van der Waals surface area contributed by atoms with Gasteiger partial charge in [-0.15, -0.1) is 5.10 Å². The van der Waals surface area contributed by atoms with Crippen molar-refractivity contribution in [3.05, 3.63) is 11.9 Å². The summed E-state index contributed by atoms with van der Waals surface area (Å²) >= 11 is 0. The Balaban J connectivity index is 1.37. The van der Waals surface area contributed by atoms with Crippen LogP contribution in [-0.2, 0) is 16.1 Å². The minimum atomic E-state index is -0.462. The number of ether oxygens (including phenoxy) is 1. The molecule has 1 unspecified atom stereocenters. The van der Waals surface area contributed by atoms with E-state index in [-0.39, 0.29) is 17.5 Å². The molecule has 24 heavy (non-hydrogen) atoms. The Hall–Kier alpha value is -1.96. The highest BCUT2D eigenvalue weighted by Crippen LogP contribution is 2.29. The van der Waals surface area contributed by atoms with Gasteiger partial charge in [-0.2, -0.15) is 0 Å². The third-order valence-electron chi connectivity index (χ3n) is 5.65. The third kappa shape index (κ3) is 3.02. The number of carbonyl (C=O) groups excluding carboxylic acids is 2. The lowest BCUT2D eigenvalue weighted by atomic mass is 9.75. The van der Waals surface area contributed by atoms with Gasteiger partial charge in [-0.05, 0) is 18.8 Å². The van der Waals surface area contributed by atoms with Gasteiger partial charge in [0.2, 0.25) is 5.91 Å². The molecule has 4 fully saturated rings. The first kappa shape index (κ1) is 15.6. The number of methoxy groups -OCH3 is 1. The van der Waals surface area contributed by atoms with Gasteiger partial charge < -0.3 is 15.0 Å². The summed E-state index contributed by atoms with van der Waals surface area (Å²) in [5.41, 5.74) is 0.241. The highest BCUT2D eigenvalue weighted by Gasteiger charge is 2.47. The largest absolute Gasteiger partial charge is 0.464 e. The van der Waals surface area contributed by atoms with Crippen molar-refractivity contribution in [2.24, 2.45) is 11.8 Å². The molecular weight excluding hydrogens is 310 g/mol. The van der Waals surface area contributed by atoms with Crippen LogP contribution in [0.25, 0.3) is 0 Å². The third-order valence-corrected chi connectivity index (χ3v) is 5.65. The molecule has 4 heterocycles. The molecule has 1 aromatic rings. The number of carbonyl (C=O) groups is 2. The van der Waals surface area contributed by atoms with Crippen molar-refractivity contribution in [1.29, 1.82) is 0 Å². The van der Waals surface area contributed by atoms with Crippen LogP contribution < -0.4 is 10.2 Å². The zero-order valence-electron chi connectivity index (χ0n) is 13.9. The number of hydrogen-bond donors (Lipinski definition) is 2. The zero-order valence-corrected chi connectivity index (χ0v) is 13.9. The fourth-order valence-electron chi connectivity index (χ4n) is 4.17. The first-order valence-electron chi connectivity index (χ1n) is 8.77. The van der Waals surface area contributed by atoms with Crippen LogP contribution in [0, 0.1) is 11.8 Å². The zero-order chi connectivity index (χ0) is 16.7. The van der Waals surface area contributed by atoms with Crippen LogP contribution in [0.4, 0.5) is 0 Å². The second kappa shape index (κ2) is 6.16. The molecule has 0 aromatic carbocycles. The maximum absolute atomic E-state index is 12.4. The van der Waals surface area contributed by atoms with E-state index < -0.39 is 5.97 Å². The van der Waals surface area contributed by atoms with Gasteiger partial charge in [-0.25, -0.2) is 9.48 Å². The molecule has 4 atom stereocenters. The quantitative estimate of drug-likeness (QED) is 0.649. The van der Waals surface area contributed by atoms with E-state index in [1.807, 2.05) is 0 Å². The maximum atomic E-state index is 12.4. The fourth-order valence-corrected chi connectivity index (χ4v) is 4.17. The Kier molecular flexibility index (Phi) is 3.99. The predicted octanol–water partition coefficient (Wildman–Crippen LogP) is -1.36. The lowest BCUT2D eigenvalue weighted by Gasteiger charge is -2.46. The molecule has 0 radical (unpaired) electrons. The van der Waals surface area contributed by atoms with Crippen LogP contribution in [0.5, 0.6) is 0 Å². The van der Waals surface area contributed by atoms with Gasteiger partial charge in [-0.1, -0.05) is 5.21 Å². The van der Waals surface area contributed by atoms with Crippen LogP contribution in [0.15, 0.2) is 6.20 Å². The molecule has 1 saturated carbocycles. The van der Waals surface area contributed by atoms with E-state index in [2.05, 4.69) is 20.4 Å². The van der Waals surface area contributed by atoms with Crippen LogP contribution in [-0.4, -0.2) is 59.2 Å². The van der Waals surface area contributed by atoms with E-state index in [1.165, 1.54) is 12.0 Å². The van der Waals surface area contributed by atoms with Crippen molar-refractivity contribution in [1.82, 2.24) is 20.3 Å². The minimum Gasteiger partial charge on any atom is -0.464 e. The Morgan fingerprint density at radius 3 is 2.92 bits per heavy atom. The predicted molar refractivity (Wildman–Crippen MR) is 83.2 cm³/mol. The molecule has 3 aliphatic heterocycles. The van der Waals surface area contributed by atoms with Gasteiger partial charge in [0.25, 0.3) is 0 Å². The van der Waals surface area contributed by atoms with Gasteiger partial charge in [-0.3, -0.25) is 4.79 Å². The number of nitrogens with one attached hydrogen (secondary N) is 2. The number of nitrogens with zero attached hydrogens (tertiary/aromatic N) is 3. The van der Waals surface area contributed by atoms with Crippen molar-refractivity contribution in [3.8, 4) is 0 Å². The number of amides is 1. The Morgan fingerprint density at radius 2 is 2.25 bits per heavy atom. The Bertz CT molecular complexity index is 641. The first-order chi connectivity index (χ1) is 11.6. The number of piperidine rings is 3. The normalized spacial score (nSPS) is 31.7. The summed E-state index contributed by atoms with van der Waals surface area (Å²) in [6, 6.07) is 0.867. The average molecular weight is 334 g/mol. The van der Waals surface area contributed by atoms with Crippen molar-refractivity contribution in [2.75, 3.05) is 20.2 Å².